The first-order valence-corrected chi connectivity index (χ1v) is 9.61. The molecule has 0 saturated carbocycles. The first-order valence-electron chi connectivity index (χ1n) is 9.23. The zero-order chi connectivity index (χ0) is 19.1. The lowest BCUT2D eigenvalue weighted by Crippen LogP contribution is -2.41. The van der Waals surface area contributed by atoms with E-state index in [4.69, 9.17) is 16.3 Å². The molecule has 1 fully saturated rings. The van der Waals surface area contributed by atoms with Gasteiger partial charge in [0, 0.05) is 49.1 Å². The molecule has 2 aromatic carbocycles. The number of carbonyl (C=O) groups is 1. The second-order valence-electron chi connectivity index (χ2n) is 6.67. The molecule has 0 aromatic heterocycles. The summed E-state index contributed by atoms with van der Waals surface area (Å²) in [6, 6.07) is 14.7. The Morgan fingerprint density at radius 3 is 2.67 bits per heavy atom. The van der Waals surface area contributed by atoms with E-state index < -0.39 is 0 Å². The lowest BCUT2D eigenvalue weighted by molar-refractivity contribution is -0.121. The molecular weight excluding hydrogens is 364 g/mol. The highest BCUT2D eigenvalue weighted by Gasteiger charge is 2.21. The van der Waals surface area contributed by atoms with Crippen molar-refractivity contribution < 1.29 is 14.6 Å². The average Bonchev–Trinajstić information content (AvgIpc) is 2.70. The molecule has 1 amide bonds. The largest absolute Gasteiger partial charge is 0.508 e. The molecule has 144 valence electrons. The summed E-state index contributed by atoms with van der Waals surface area (Å²) in [5, 5.41) is 13.9. The van der Waals surface area contributed by atoms with Crippen LogP contribution in [-0.4, -0.2) is 55.3 Å². The molecule has 0 radical (unpaired) electrons. The maximum absolute atomic E-state index is 12.6. The van der Waals surface area contributed by atoms with Gasteiger partial charge in [-0.25, -0.2) is 0 Å². The number of hydrogen-bond donors (Lipinski definition) is 2. The van der Waals surface area contributed by atoms with Crippen molar-refractivity contribution in [1.82, 2.24) is 10.2 Å². The summed E-state index contributed by atoms with van der Waals surface area (Å²) in [5.74, 6) is -0.154. The van der Waals surface area contributed by atoms with Gasteiger partial charge in [-0.15, -0.1) is 0 Å². The second-order valence-corrected chi connectivity index (χ2v) is 7.11. The van der Waals surface area contributed by atoms with E-state index in [9.17, 15) is 9.90 Å². The Morgan fingerprint density at radius 2 is 1.93 bits per heavy atom. The summed E-state index contributed by atoms with van der Waals surface area (Å²) in [4.78, 5) is 14.8. The number of ether oxygens (including phenoxy) is 1. The van der Waals surface area contributed by atoms with Crippen LogP contribution in [0.15, 0.2) is 48.5 Å². The minimum Gasteiger partial charge on any atom is -0.508 e. The number of phenols is 1. The first-order chi connectivity index (χ1) is 13.1. The molecule has 27 heavy (non-hydrogen) atoms. The lowest BCUT2D eigenvalue weighted by atomic mass is 9.87. The van der Waals surface area contributed by atoms with Crippen LogP contribution in [0.4, 0.5) is 0 Å². The molecular formula is C21H25ClN2O3. The van der Waals surface area contributed by atoms with Crippen molar-refractivity contribution in [2.24, 2.45) is 0 Å². The molecule has 0 aliphatic carbocycles. The molecule has 6 heteroatoms. The molecule has 2 aromatic rings. The predicted molar refractivity (Wildman–Crippen MR) is 106 cm³/mol. The van der Waals surface area contributed by atoms with Crippen LogP contribution in [0.5, 0.6) is 5.75 Å². The van der Waals surface area contributed by atoms with E-state index in [1.807, 2.05) is 30.3 Å². The van der Waals surface area contributed by atoms with E-state index in [0.717, 1.165) is 38.4 Å². The number of aromatic hydroxyl groups is 1. The van der Waals surface area contributed by atoms with Gasteiger partial charge in [0.05, 0.1) is 13.2 Å². The van der Waals surface area contributed by atoms with E-state index in [2.05, 4.69) is 10.2 Å². The maximum atomic E-state index is 12.6. The highest BCUT2D eigenvalue weighted by atomic mass is 35.5. The Balaban J connectivity index is 1.66. The highest BCUT2D eigenvalue weighted by molar-refractivity contribution is 6.30. The summed E-state index contributed by atoms with van der Waals surface area (Å²) in [6.45, 7) is 4.71. The van der Waals surface area contributed by atoms with Crippen molar-refractivity contribution in [3.63, 3.8) is 0 Å². The van der Waals surface area contributed by atoms with Crippen LogP contribution in [0, 0.1) is 0 Å². The van der Waals surface area contributed by atoms with Gasteiger partial charge >= 0.3 is 0 Å². The standard InChI is InChI=1S/C21H25ClN2O3/c22-17-6-7-20(25)19(14-17)18(16-4-2-1-3-5-16)15-21(26)23-8-9-24-10-12-27-13-11-24/h1-7,14,18,25H,8-13,15H2,(H,23,26)/t18-/m1/s1. The van der Waals surface area contributed by atoms with Gasteiger partial charge < -0.3 is 15.2 Å². The van der Waals surface area contributed by atoms with Crippen LogP contribution < -0.4 is 5.32 Å². The molecule has 1 aliphatic rings. The Morgan fingerprint density at radius 1 is 1.19 bits per heavy atom. The van der Waals surface area contributed by atoms with Crippen molar-refractivity contribution in [3.05, 3.63) is 64.7 Å². The number of amides is 1. The molecule has 3 rings (SSSR count). The van der Waals surface area contributed by atoms with Crippen molar-refractivity contribution >= 4 is 17.5 Å². The van der Waals surface area contributed by atoms with Gasteiger partial charge in [0.15, 0.2) is 0 Å². The van der Waals surface area contributed by atoms with Crippen molar-refractivity contribution in [3.8, 4) is 5.75 Å². The van der Waals surface area contributed by atoms with E-state index in [1.165, 1.54) is 0 Å². The number of rotatable bonds is 7. The molecule has 1 heterocycles. The topological polar surface area (TPSA) is 61.8 Å². The van der Waals surface area contributed by atoms with Gasteiger partial charge in [-0.2, -0.15) is 0 Å². The van der Waals surface area contributed by atoms with Crippen molar-refractivity contribution in [2.45, 2.75) is 12.3 Å². The van der Waals surface area contributed by atoms with Crippen LogP contribution >= 0.6 is 11.6 Å². The number of morpholine rings is 1. The number of halogens is 1. The summed E-state index contributed by atoms with van der Waals surface area (Å²) in [6.07, 6.45) is 0.251. The van der Waals surface area contributed by atoms with Crippen LogP contribution in [-0.2, 0) is 9.53 Å². The summed E-state index contributed by atoms with van der Waals surface area (Å²) < 4.78 is 5.34. The predicted octanol–water partition coefficient (Wildman–Crippen LogP) is 3.02. The minimum absolute atomic E-state index is 0.0449. The number of phenolic OH excluding ortho intramolecular Hbond substituents is 1. The molecule has 0 bridgehead atoms. The highest BCUT2D eigenvalue weighted by Crippen LogP contribution is 2.35. The average molecular weight is 389 g/mol. The fourth-order valence-electron chi connectivity index (χ4n) is 3.33. The lowest BCUT2D eigenvalue weighted by Gasteiger charge is -2.26. The Labute approximate surface area is 164 Å². The van der Waals surface area contributed by atoms with Crippen LogP contribution in [0.25, 0.3) is 0 Å². The molecule has 1 aliphatic heterocycles. The monoisotopic (exact) mass is 388 g/mol. The van der Waals surface area contributed by atoms with E-state index in [-0.39, 0.29) is 24.0 Å². The Kier molecular flexibility index (Phi) is 7.10. The Bertz CT molecular complexity index is 748. The summed E-state index contributed by atoms with van der Waals surface area (Å²) in [7, 11) is 0. The number of carbonyl (C=O) groups excluding carboxylic acids is 1. The molecule has 1 atom stereocenters. The van der Waals surface area contributed by atoms with E-state index >= 15 is 0 Å². The normalized spacial score (nSPS) is 16.0. The molecule has 5 nitrogen and oxygen atoms in total. The second kappa shape index (κ2) is 9.74. The van der Waals surface area contributed by atoms with E-state index in [1.54, 1.807) is 18.2 Å². The number of nitrogens with zero attached hydrogens (tertiary/aromatic N) is 1. The van der Waals surface area contributed by atoms with E-state index in [0.29, 0.717) is 17.1 Å². The van der Waals surface area contributed by atoms with Crippen LogP contribution in [0.3, 0.4) is 0 Å². The van der Waals surface area contributed by atoms with Crippen molar-refractivity contribution in [1.29, 1.82) is 0 Å². The zero-order valence-electron chi connectivity index (χ0n) is 15.2. The zero-order valence-corrected chi connectivity index (χ0v) is 16.0. The summed E-state index contributed by atoms with van der Waals surface area (Å²) in [5.41, 5.74) is 1.63. The van der Waals surface area contributed by atoms with Crippen LogP contribution in [0.1, 0.15) is 23.5 Å². The van der Waals surface area contributed by atoms with Gasteiger partial charge in [0.25, 0.3) is 0 Å². The number of hydrogen-bond acceptors (Lipinski definition) is 4. The minimum atomic E-state index is -0.256. The Hall–Kier alpha value is -2.08. The first kappa shape index (κ1) is 19.7. The molecule has 0 spiro atoms. The smallest absolute Gasteiger partial charge is 0.220 e. The third kappa shape index (κ3) is 5.70. The number of nitrogens with one attached hydrogen (secondary N) is 1. The summed E-state index contributed by atoms with van der Waals surface area (Å²) >= 11 is 6.13. The van der Waals surface area contributed by atoms with Gasteiger partial charge in [-0.3, -0.25) is 9.69 Å². The SMILES string of the molecule is O=C(C[C@H](c1ccccc1)c1cc(Cl)ccc1O)NCCN1CCOCC1. The molecule has 1 saturated heterocycles. The quantitative estimate of drug-likeness (QED) is 0.765. The third-order valence-electron chi connectivity index (χ3n) is 4.81. The fourth-order valence-corrected chi connectivity index (χ4v) is 3.51. The van der Waals surface area contributed by atoms with Gasteiger partial charge in [0.1, 0.15) is 5.75 Å². The molecule has 0 unspecified atom stereocenters. The molecule has 2 N–H and O–H groups in total. The van der Waals surface area contributed by atoms with Gasteiger partial charge in [-0.1, -0.05) is 41.9 Å². The number of benzene rings is 2. The van der Waals surface area contributed by atoms with Gasteiger partial charge in [-0.05, 0) is 23.8 Å². The van der Waals surface area contributed by atoms with Gasteiger partial charge in [0.2, 0.25) is 5.91 Å². The van der Waals surface area contributed by atoms with Crippen LogP contribution in [0.2, 0.25) is 5.02 Å². The maximum Gasteiger partial charge on any atom is 0.220 e. The fraction of sp³-hybridized carbons (Fsp3) is 0.381. The third-order valence-corrected chi connectivity index (χ3v) is 5.05. The van der Waals surface area contributed by atoms with Crippen molar-refractivity contribution in [2.75, 3.05) is 39.4 Å².